The SMILES string of the molecule is CC/C=C\C/C=C\C/C=C\C/C=C\C=C/C(O)C/C=C\CCC(=O)OC[C@H](COP(=O)(O)OP(=O)(O)OC[C@H]1O[C@@H](n2ccc(N)nc2=O)[C@H](O)[C@@H]1O)OC(=O)CCCCCCCCCCCCCCC. The number of aliphatic hydroxyl groups is 3. The standard InChI is InChI=1S/C50H81N3O16P2/c1-3-5-7-9-11-13-15-17-19-21-23-25-28-32-41(54)33-29-27-31-34-45(55)64-38-42(67-46(56)35-30-26-24-22-20-18-16-14-12-10-8-6-4-2)39-65-70(60,61)69-71(62,63)66-40-43-47(57)48(58)49(68-43)53-37-36-44(51)52-50(53)59/h5,7,11,13,17,19,23,25,27-29,32,36-37,41-43,47-49,54,57-58H,3-4,6,8-10,12,14-16,18,20-22,24,26,30-31,33-35,38-40H2,1-2H3,(H,60,61)(H,62,63)(H2,51,52,59)/b7-5-,13-11-,19-17-,25-23-,29-27-,32-28-/t41?,42-,43-,47-,48-,49-/m1/s1. The molecule has 0 spiro atoms. The smallest absolute Gasteiger partial charge is 0.462 e. The molecule has 0 amide bonds. The number of ether oxygens (including phenoxy) is 3. The van der Waals surface area contributed by atoms with E-state index in [4.69, 9.17) is 29.0 Å². The van der Waals surface area contributed by atoms with E-state index in [0.29, 0.717) is 12.8 Å². The lowest BCUT2D eigenvalue weighted by Crippen LogP contribution is -2.36. The van der Waals surface area contributed by atoms with Crippen LogP contribution in [0, 0.1) is 0 Å². The minimum atomic E-state index is -5.46. The lowest BCUT2D eigenvalue weighted by Gasteiger charge is -2.21. The number of hydrogen-bond donors (Lipinski definition) is 6. The van der Waals surface area contributed by atoms with Gasteiger partial charge in [0.1, 0.15) is 30.7 Å². The zero-order valence-corrected chi connectivity index (χ0v) is 43.4. The number of rotatable bonds is 40. The molecule has 21 heteroatoms. The summed E-state index contributed by atoms with van der Waals surface area (Å²) in [6.07, 6.45) is 34.5. The number of nitrogens with two attached hydrogens (primary N) is 1. The number of allylic oxidation sites excluding steroid dienone is 10. The van der Waals surface area contributed by atoms with Gasteiger partial charge >= 0.3 is 33.3 Å². The van der Waals surface area contributed by atoms with Gasteiger partial charge in [0.05, 0.1) is 19.3 Å². The molecule has 0 radical (unpaired) electrons. The number of aliphatic hydroxyl groups excluding tert-OH is 3. The largest absolute Gasteiger partial charge is 0.481 e. The number of nitrogens with zero attached hydrogens (tertiary/aromatic N) is 2. The van der Waals surface area contributed by atoms with Crippen LogP contribution in [0.1, 0.15) is 155 Å². The Labute approximate surface area is 419 Å². The van der Waals surface area contributed by atoms with Crippen LogP contribution < -0.4 is 11.4 Å². The Morgan fingerprint density at radius 2 is 1.35 bits per heavy atom. The van der Waals surface area contributed by atoms with E-state index in [1.165, 1.54) is 57.4 Å². The fourth-order valence-electron chi connectivity index (χ4n) is 7.01. The highest BCUT2D eigenvalue weighted by molar-refractivity contribution is 7.61. The average molecular weight is 1040 g/mol. The quantitative estimate of drug-likeness (QED) is 0.0117. The summed E-state index contributed by atoms with van der Waals surface area (Å²) in [5, 5.41) is 31.2. The molecule has 0 aromatic carbocycles. The maximum atomic E-state index is 12.8. The molecule has 2 rings (SSSR count). The summed E-state index contributed by atoms with van der Waals surface area (Å²) >= 11 is 0. The van der Waals surface area contributed by atoms with Gasteiger partial charge in [0.25, 0.3) is 0 Å². The van der Waals surface area contributed by atoms with E-state index in [9.17, 15) is 48.6 Å². The number of phosphoric ester groups is 2. The molecule has 0 aliphatic carbocycles. The lowest BCUT2D eigenvalue weighted by atomic mass is 10.0. The second-order valence-electron chi connectivity index (χ2n) is 17.1. The van der Waals surface area contributed by atoms with Crippen LogP contribution in [0.4, 0.5) is 5.82 Å². The number of anilines is 1. The third-order valence-corrected chi connectivity index (χ3v) is 13.5. The molecule has 71 heavy (non-hydrogen) atoms. The van der Waals surface area contributed by atoms with E-state index in [1.54, 1.807) is 24.3 Å². The molecule has 1 saturated heterocycles. The van der Waals surface area contributed by atoms with Gasteiger partial charge in [0, 0.05) is 19.0 Å². The van der Waals surface area contributed by atoms with Gasteiger partial charge in [-0.1, -0.05) is 164 Å². The molecule has 3 unspecified atom stereocenters. The van der Waals surface area contributed by atoms with E-state index in [1.807, 2.05) is 12.2 Å². The second kappa shape index (κ2) is 37.8. The first-order valence-corrected chi connectivity index (χ1v) is 28.0. The minimum Gasteiger partial charge on any atom is -0.462 e. The first-order valence-electron chi connectivity index (χ1n) is 25.1. The third-order valence-electron chi connectivity index (χ3n) is 10.9. The first-order chi connectivity index (χ1) is 34.1. The van der Waals surface area contributed by atoms with Crippen molar-refractivity contribution in [3.05, 3.63) is 95.7 Å². The zero-order valence-electron chi connectivity index (χ0n) is 41.6. The first kappa shape index (κ1) is 63.3. The van der Waals surface area contributed by atoms with Crippen LogP contribution in [0.2, 0.25) is 0 Å². The number of esters is 2. The normalized spacial score (nSPS) is 20.2. The van der Waals surface area contributed by atoms with Crippen molar-refractivity contribution >= 4 is 33.4 Å². The van der Waals surface area contributed by atoms with Crippen LogP contribution in [0.5, 0.6) is 0 Å². The van der Waals surface area contributed by atoms with Gasteiger partial charge in [-0.05, 0) is 51.0 Å². The van der Waals surface area contributed by atoms with Crippen molar-refractivity contribution in [2.45, 2.75) is 185 Å². The van der Waals surface area contributed by atoms with Gasteiger partial charge in [-0.2, -0.15) is 9.29 Å². The molecule has 1 fully saturated rings. The van der Waals surface area contributed by atoms with E-state index in [2.05, 4.69) is 59.6 Å². The lowest BCUT2D eigenvalue weighted by molar-refractivity contribution is -0.161. The van der Waals surface area contributed by atoms with Gasteiger partial charge in [-0.3, -0.25) is 23.2 Å². The Morgan fingerprint density at radius 3 is 1.97 bits per heavy atom. The summed E-state index contributed by atoms with van der Waals surface area (Å²) in [4.78, 5) is 61.8. The topological polar surface area (TPSA) is 286 Å². The number of phosphoric acid groups is 2. The van der Waals surface area contributed by atoms with Gasteiger partial charge in [-0.25, -0.2) is 13.9 Å². The zero-order chi connectivity index (χ0) is 52.2. The Balaban J connectivity index is 1.86. The fraction of sp³-hybridized carbons (Fsp3) is 0.640. The molecule has 1 aromatic rings. The number of aromatic nitrogens is 2. The molecule has 1 aromatic heterocycles. The monoisotopic (exact) mass is 1040 g/mol. The van der Waals surface area contributed by atoms with E-state index >= 15 is 0 Å². The van der Waals surface area contributed by atoms with Crippen LogP contribution in [0.3, 0.4) is 0 Å². The third kappa shape index (κ3) is 30.7. The average Bonchev–Trinajstić information content (AvgIpc) is 3.60. The van der Waals surface area contributed by atoms with Crippen LogP contribution in [0.15, 0.2) is 90.0 Å². The highest BCUT2D eigenvalue weighted by atomic mass is 31.3. The van der Waals surface area contributed by atoms with Crippen molar-refractivity contribution in [1.29, 1.82) is 0 Å². The molecule has 7 N–H and O–H groups in total. The van der Waals surface area contributed by atoms with E-state index < -0.39 is 89.8 Å². The number of carbonyl (C=O) groups is 2. The Kier molecular flexibility index (Phi) is 33.7. The Hall–Kier alpha value is -3.84. The molecule has 2 heterocycles. The Bertz CT molecular complexity index is 1990. The molecule has 402 valence electrons. The summed E-state index contributed by atoms with van der Waals surface area (Å²) in [5.41, 5.74) is 4.57. The van der Waals surface area contributed by atoms with E-state index in [0.717, 1.165) is 62.1 Å². The summed E-state index contributed by atoms with van der Waals surface area (Å²) in [6, 6.07) is 1.24. The van der Waals surface area contributed by atoms with Crippen molar-refractivity contribution < 1.29 is 71.4 Å². The fourth-order valence-corrected chi connectivity index (χ4v) is 9.12. The minimum absolute atomic E-state index is 0.0125. The van der Waals surface area contributed by atoms with Crippen LogP contribution in [0.25, 0.3) is 0 Å². The predicted octanol–water partition coefficient (Wildman–Crippen LogP) is 9.08. The maximum Gasteiger partial charge on any atom is 0.481 e. The molecule has 1 aliphatic rings. The maximum absolute atomic E-state index is 12.8. The highest BCUT2D eigenvalue weighted by Crippen LogP contribution is 2.60. The van der Waals surface area contributed by atoms with Crippen molar-refractivity contribution in [3.63, 3.8) is 0 Å². The van der Waals surface area contributed by atoms with Crippen molar-refractivity contribution in [2.24, 2.45) is 0 Å². The summed E-state index contributed by atoms with van der Waals surface area (Å²) in [6.45, 7) is 1.86. The van der Waals surface area contributed by atoms with Crippen LogP contribution in [-0.2, 0) is 46.3 Å². The number of unbranched alkanes of at least 4 members (excludes halogenated alkanes) is 12. The molecular formula is C50H81N3O16P2. The summed E-state index contributed by atoms with van der Waals surface area (Å²) in [5.74, 6) is -1.49. The molecule has 0 bridgehead atoms. The van der Waals surface area contributed by atoms with Crippen LogP contribution in [-0.4, -0.2) is 96.9 Å². The molecule has 19 nitrogen and oxygen atoms in total. The second-order valence-corrected chi connectivity index (χ2v) is 20.2. The number of carbonyl (C=O) groups excluding carboxylic acids is 2. The van der Waals surface area contributed by atoms with E-state index in [-0.39, 0.29) is 25.1 Å². The van der Waals surface area contributed by atoms with Gasteiger partial charge in [0.2, 0.25) is 0 Å². The van der Waals surface area contributed by atoms with Crippen molar-refractivity contribution in [3.8, 4) is 0 Å². The summed E-state index contributed by atoms with van der Waals surface area (Å²) in [7, 11) is -10.9. The van der Waals surface area contributed by atoms with Crippen LogP contribution >= 0.6 is 15.6 Å². The number of hydrogen-bond acceptors (Lipinski definition) is 16. The van der Waals surface area contributed by atoms with Gasteiger partial charge < -0.3 is 45.1 Å². The van der Waals surface area contributed by atoms with Crippen molar-refractivity contribution in [2.75, 3.05) is 25.6 Å². The molecule has 8 atom stereocenters. The van der Waals surface area contributed by atoms with Gasteiger partial charge in [0.15, 0.2) is 12.3 Å². The number of nitrogen functional groups attached to an aromatic ring is 1. The predicted molar refractivity (Wildman–Crippen MR) is 271 cm³/mol. The molecule has 1 aliphatic heterocycles. The summed E-state index contributed by atoms with van der Waals surface area (Å²) < 4.78 is 56.6. The van der Waals surface area contributed by atoms with Crippen molar-refractivity contribution in [1.82, 2.24) is 9.55 Å². The molecule has 0 saturated carbocycles. The molecular weight excluding hydrogens is 961 g/mol. The highest BCUT2D eigenvalue weighted by Gasteiger charge is 2.46. The Morgan fingerprint density at radius 1 is 0.761 bits per heavy atom. The van der Waals surface area contributed by atoms with Gasteiger partial charge in [-0.15, -0.1) is 0 Å².